The summed E-state index contributed by atoms with van der Waals surface area (Å²) >= 11 is 9.52. The molecule has 1 aromatic rings. The van der Waals surface area contributed by atoms with E-state index in [0.717, 1.165) is 3.79 Å². The van der Waals surface area contributed by atoms with Crippen LogP contribution in [0.4, 0.5) is 0 Å². The molecule has 0 unspecified atom stereocenters. The quantitative estimate of drug-likeness (QED) is 0.868. The van der Waals surface area contributed by atoms with Crippen molar-refractivity contribution in [2.45, 2.75) is 6.92 Å². The second-order valence-corrected chi connectivity index (χ2v) is 5.88. The Morgan fingerprint density at radius 1 is 1.67 bits per heavy atom. The van der Waals surface area contributed by atoms with Gasteiger partial charge in [-0.15, -0.1) is 11.3 Å². The Kier molecular flexibility index (Phi) is 4.69. The standard InChI is InChI=1S/C9H11BrN2OS2/c1-2-12(5-8(11)14)9(13)6-3-4-7(10)15-6/h3-4H,2,5H2,1H3,(H2,11,14). The van der Waals surface area contributed by atoms with Crippen LogP contribution in [-0.4, -0.2) is 28.9 Å². The van der Waals surface area contributed by atoms with Crippen LogP contribution in [0.1, 0.15) is 16.6 Å². The van der Waals surface area contributed by atoms with Gasteiger partial charge in [0, 0.05) is 6.54 Å². The van der Waals surface area contributed by atoms with Crippen molar-refractivity contribution >= 4 is 50.4 Å². The summed E-state index contributed by atoms with van der Waals surface area (Å²) in [5.41, 5.74) is 5.42. The molecule has 0 radical (unpaired) electrons. The molecule has 0 bridgehead atoms. The molecule has 0 aliphatic carbocycles. The highest BCUT2D eigenvalue weighted by molar-refractivity contribution is 9.11. The van der Waals surface area contributed by atoms with Gasteiger partial charge >= 0.3 is 0 Å². The third kappa shape index (κ3) is 3.55. The van der Waals surface area contributed by atoms with E-state index < -0.39 is 0 Å². The van der Waals surface area contributed by atoms with Crippen LogP contribution in [0.15, 0.2) is 15.9 Å². The van der Waals surface area contributed by atoms with Crippen LogP contribution in [0.2, 0.25) is 0 Å². The largest absolute Gasteiger partial charge is 0.392 e. The molecule has 0 fully saturated rings. The van der Waals surface area contributed by atoms with E-state index >= 15 is 0 Å². The highest BCUT2D eigenvalue weighted by Crippen LogP contribution is 2.23. The van der Waals surface area contributed by atoms with Crippen LogP contribution < -0.4 is 5.73 Å². The Morgan fingerprint density at radius 3 is 2.73 bits per heavy atom. The van der Waals surface area contributed by atoms with E-state index in [1.165, 1.54) is 11.3 Å². The molecule has 0 aliphatic heterocycles. The molecule has 0 saturated heterocycles. The summed E-state index contributed by atoms with van der Waals surface area (Å²) in [5.74, 6) is -0.0269. The number of nitrogens with zero attached hydrogens (tertiary/aromatic N) is 1. The maximum Gasteiger partial charge on any atom is 0.264 e. The summed E-state index contributed by atoms with van der Waals surface area (Å²) in [7, 11) is 0. The third-order valence-electron chi connectivity index (χ3n) is 1.80. The molecule has 1 amide bonds. The van der Waals surface area contributed by atoms with E-state index in [4.69, 9.17) is 18.0 Å². The number of thiocarbonyl (C=S) groups is 1. The van der Waals surface area contributed by atoms with Crippen LogP contribution >= 0.6 is 39.5 Å². The van der Waals surface area contributed by atoms with Gasteiger partial charge in [0.05, 0.1) is 20.2 Å². The van der Waals surface area contributed by atoms with E-state index in [1.54, 1.807) is 11.0 Å². The number of likely N-dealkylation sites (N-methyl/N-ethyl adjacent to an activating group) is 1. The van der Waals surface area contributed by atoms with Gasteiger partial charge in [-0.05, 0) is 35.0 Å². The zero-order valence-corrected chi connectivity index (χ0v) is 11.4. The van der Waals surface area contributed by atoms with Gasteiger partial charge in [-0.1, -0.05) is 12.2 Å². The molecule has 0 aliphatic rings. The van der Waals surface area contributed by atoms with Crippen LogP contribution in [-0.2, 0) is 0 Å². The van der Waals surface area contributed by atoms with Gasteiger partial charge in [-0.2, -0.15) is 0 Å². The molecule has 6 heteroatoms. The van der Waals surface area contributed by atoms with Crippen molar-refractivity contribution in [1.29, 1.82) is 0 Å². The van der Waals surface area contributed by atoms with E-state index in [1.807, 2.05) is 13.0 Å². The molecule has 15 heavy (non-hydrogen) atoms. The minimum absolute atomic E-state index is 0.0269. The number of hydrogen-bond donors (Lipinski definition) is 1. The Labute approximate surface area is 106 Å². The fourth-order valence-corrected chi connectivity index (χ4v) is 2.61. The second-order valence-electron chi connectivity index (χ2n) is 2.89. The topological polar surface area (TPSA) is 46.3 Å². The van der Waals surface area contributed by atoms with Gasteiger partial charge in [0.25, 0.3) is 5.91 Å². The fraction of sp³-hybridized carbons (Fsp3) is 0.333. The van der Waals surface area contributed by atoms with Crippen LogP contribution in [0, 0.1) is 0 Å². The van der Waals surface area contributed by atoms with Crippen molar-refractivity contribution in [1.82, 2.24) is 4.90 Å². The maximum atomic E-state index is 11.9. The first-order chi connectivity index (χ1) is 7.04. The fourth-order valence-electron chi connectivity index (χ4n) is 1.10. The van der Waals surface area contributed by atoms with Gasteiger partial charge in [0.1, 0.15) is 0 Å². The Hall–Kier alpha value is -0.460. The first kappa shape index (κ1) is 12.6. The predicted octanol–water partition coefficient (Wildman–Crippen LogP) is 2.26. The monoisotopic (exact) mass is 306 g/mol. The zero-order valence-electron chi connectivity index (χ0n) is 8.20. The molecule has 1 heterocycles. The van der Waals surface area contributed by atoms with Gasteiger partial charge in [0.2, 0.25) is 0 Å². The van der Waals surface area contributed by atoms with Gasteiger partial charge in [-0.3, -0.25) is 4.79 Å². The van der Waals surface area contributed by atoms with Crippen molar-refractivity contribution in [2.75, 3.05) is 13.1 Å². The summed E-state index contributed by atoms with van der Waals surface area (Å²) < 4.78 is 0.942. The lowest BCUT2D eigenvalue weighted by atomic mass is 10.4. The lowest BCUT2D eigenvalue weighted by Gasteiger charge is -2.18. The zero-order chi connectivity index (χ0) is 11.4. The van der Waals surface area contributed by atoms with Crippen molar-refractivity contribution in [3.8, 4) is 0 Å². The summed E-state index contributed by atoms with van der Waals surface area (Å²) in [6.45, 7) is 2.84. The predicted molar refractivity (Wildman–Crippen MR) is 70.4 cm³/mol. The first-order valence-corrected chi connectivity index (χ1v) is 6.39. The highest BCUT2D eigenvalue weighted by atomic mass is 79.9. The molecular weight excluding hydrogens is 296 g/mol. The maximum absolute atomic E-state index is 11.9. The first-order valence-electron chi connectivity index (χ1n) is 4.37. The lowest BCUT2D eigenvalue weighted by molar-refractivity contribution is 0.0792. The summed E-state index contributed by atoms with van der Waals surface area (Å²) in [6, 6.07) is 3.64. The molecule has 1 aromatic heterocycles. The molecular formula is C9H11BrN2OS2. The second kappa shape index (κ2) is 5.58. The van der Waals surface area contributed by atoms with Gasteiger partial charge in [-0.25, -0.2) is 0 Å². The summed E-state index contributed by atoms with van der Waals surface area (Å²) in [5, 5.41) is 0. The molecule has 1 rings (SSSR count). The Bertz CT molecular complexity index is 378. The van der Waals surface area contributed by atoms with E-state index in [0.29, 0.717) is 23.0 Å². The highest BCUT2D eigenvalue weighted by Gasteiger charge is 2.16. The third-order valence-corrected chi connectivity index (χ3v) is 3.54. The van der Waals surface area contributed by atoms with Crippen LogP contribution in [0.25, 0.3) is 0 Å². The molecule has 0 saturated carbocycles. The molecule has 82 valence electrons. The average Bonchev–Trinajstić information content (AvgIpc) is 2.60. The smallest absolute Gasteiger partial charge is 0.264 e. The number of nitrogens with two attached hydrogens (primary N) is 1. The van der Waals surface area contributed by atoms with Crippen LogP contribution in [0.3, 0.4) is 0 Å². The SMILES string of the molecule is CCN(CC(N)=S)C(=O)c1ccc(Br)s1. The van der Waals surface area contributed by atoms with E-state index in [-0.39, 0.29) is 5.91 Å². The molecule has 3 nitrogen and oxygen atoms in total. The van der Waals surface area contributed by atoms with Crippen LogP contribution in [0.5, 0.6) is 0 Å². The van der Waals surface area contributed by atoms with Gasteiger partial charge in [0.15, 0.2) is 0 Å². The number of halogens is 1. The average molecular weight is 307 g/mol. The minimum Gasteiger partial charge on any atom is -0.392 e. The number of hydrogen-bond acceptors (Lipinski definition) is 3. The van der Waals surface area contributed by atoms with Crippen molar-refractivity contribution in [3.05, 3.63) is 20.8 Å². The van der Waals surface area contributed by atoms with Crippen molar-refractivity contribution in [3.63, 3.8) is 0 Å². The molecule has 0 atom stereocenters. The van der Waals surface area contributed by atoms with Crippen molar-refractivity contribution in [2.24, 2.45) is 5.73 Å². The minimum atomic E-state index is -0.0269. The van der Waals surface area contributed by atoms with Crippen molar-refractivity contribution < 1.29 is 4.79 Å². The molecule has 0 spiro atoms. The number of rotatable bonds is 4. The number of carbonyl (C=O) groups is 1. The normalized spacial score (nSPS) is 10.0. The summed E-state index contributed by atoms with van der Waals surface area (Å²) in [4.78, 5) is 14.6. The van der Waals surface area contributed by atoms with E-state index in [2.05, 4.69) is 15.9 Å². The molecule has 0 aromatic carbocycles. The molecule has 2 N–H and O–H groups in total. The Morgan fingerprint density at radius 2 is 2.33 bits per heavy atom. The number of thiophene rings is 1. The summed E-state index contributed by atoms with van der Waals surface area (Å²) in [6.07, 6.45) is 0. The van der Waals surface area contributed by atoms with Gasteiger partial charge < -0.3 is 10.6 Å². The Balaban J connectivity index is 2.77. The number of amides is 1. The lowest BCUT2D eigenvalue weighted by Crippen LogP contribution is -2.37. The number of carbonyl (C=O) groups excluding carboxylic acids is 1. The van der Waals surface area contributed by atoms with E-state index in [9.17, 15) is 4.79 Å².